The van der Waals surface area contributed by atoms with Gasteiger partial charge in [-0.2, -0.15) is 0 Å². The van der Waals surface area contributed by atoms with Crippen molar-refractivity contribution in [2.45, 2.75) is 44.7 Å². The molecule has 0 radical (unpaired) electrons. The highest BCUT2D eigenvalue weighted by atomic mass is 16.4. The van der Waals surface area contributed by atoms with E-state index >= 15 is 0 Å². The highest BCUT2D eigenvalue weighted by Crippen LogP contribution is 2.17. The molecule has 1 heterocycles. The average molecular weight is 313 g/mol. The summed E-state index contributed by atoms with van der Waals surface area (Å²) in [6, 6.07) is -1.60. The number of aliphatic imine (C=N–C) groups is 1. The summed E-state index contributed by atoms with van der Waals surface area (Å²) in [6.45, 7) is 2.22. The standard InChI is InChI=1S/C13H23N5O4/c1-8(19)18-7-3-5-10(18)11(20)17-9(12(21)22)4-2-6-16-13(14)15/h9-10H,2-7H2,1H3,(H,17,20)(H,21,22)(H4,14,15,16)/t9-,10-/m1/s1. The maximum Gasteiger partial charge on any atom is 0.326 e. The average Bonchev–Trinajstić information content (AvgIpc) is 2.91. The Bertz CT molecular complexity index is 461. The van der Waals surface area contributed by atoms with Crippen LogP contribution in [0.3, 0.4) is 0 Å². The zero-order valence-corrected chi connectivity index (χ0v) is 12.6. The molecule has 22 heavy (non-hydrogen) atoms. The van der Waals surface area contributed by atoms with Gasteiger partial charge in [0.05, 0.1) is 0 Å². The van der Waals surface area contributed by atoms with Gasteiger partial charge in [-0.15, -0.1) is 0 Å². The lowest BCUT2D eigenvalue weighted by molar-refractivity contribution is -0.143. The van der Waals surface area contributed by atoms with E-state index in [1.807, 2.05) is 0 Å². The first-order chi connectivity index (χ1) is 10.3. The number of carboxylic acid groups (broad SMARTS) is 1. The minimum Gasteiger partial charge on any atom is -0.480 e. The highest BCUT2D eigenvalue weighted by Gasteiger charge is 2.34. The van der Waals surface area contributed by atoms with E-state index in [4.69, 9.17) is 16.6 Å². The van der Waals surface area contributed by atoms with Crippen molar-refractivity contribution in [1.82, 2.24) is 10.2 Å². The van der Waals surface area contributed by atoms with Crippen LogP contribution in [0.5, 0.6) is 0 Å². The lowest BCUT2D eigenvalue weighted by atomic mass is 10.1. The molecule has 1 aliphatic rings. The zero-order valence-electron chi connectivity index (χ0n) is 12.6. The van der Waals surface area contributed by atoms with Gasteiger partial charge in [0.2, 0.25) is 11.8 Å². The predicted molar refractivity (Wildman–Crippen MR) is 79.9 cm³/mol. The van der Waals surface area contributed by atoms with Gasteiger partial charge in [-0.25, -0.2) is 4.79 Å². The van der Waals surface area contributed by atoms with Crippen LogP contribution in [0.25, 0.3) is 0 Å². The van der Waals surface area contributed by atoms with Gasteiger partial charge < -0.3 is 26.8 Å². The number of nitrogens with zero attached hydrogens (tertiary/aromatic N) is 2. The summed E-state index contributed by atoms with van der Waals surface area (Å²) in [5.41, 5.74) is 10.4. The largest absolute Gasteiger partial charge is 0.480 e. The van der Waals surface area contributed by atoms with E-state index in [0.29, 0.717) is 25.9 Å². The molecule has 1 aliphatic heterocycles. The van der Waals surface area contributed by atoms with Crippen molar-refractivity contribution in [3.8, 4) is 0 Å². The van der Waals surface area contributed by atoms with Crippen molar-refractivity contribution in [2.24, 2.45) is 16.5 Å². The Morgan fingerprint density at radius 2 is 2.09 bits per heavy atom. The van der Waals surface area contributed by atoms with Gasteiger partial charge in [-0.1, -0.05) is 0 Å². The number of carboxylic acids is 1. The van der Waals surface area contributed by atoms with Crippen LogP contribution in [0.4, 0.5) is 0 Å². The number of hydrogen-bond acceptors (Lipinski definition) is 4. The number of carbonyl (C=O) groups excluding carboxylic acids is 2. The van der Waals surface area contributed by atoms with Gasteiger partial charge in [0.25, 0.3) is 0 Å². The summed E-state index contributed by atoms with van der Waals surface area (Å²) >= 11 is 0. The second-order valence-electron chi connectivity index (χ2n) is 5.22. The van der Waals surface area contributed by atoms with Crippen molar-refractivity contribution >= 4 is 23.7 Å². The van der Waals surface area contributed by atoms with E-state index in [9.17, 15) is 14.4 Å². The molecule has 6 N–H and O–H groups in total. The third-order valence-corrected chi connectivity index (χ3v) is 3.52. The predicted octanol–water partition coefficient (Wildman–Crippen LogP) is -1.38. The van der Waals surface area contributed by atoms with Crippen molar-refractivity contribution in [2.75, 3.05) is 13.1 Å². The van der Waals surface area contributed by atoms with E-state index in [0.717, 1.165) is 6.42 Å². The fourth-order valence-corrected chi connectivity index (χ4v) is 2.45. The molecular weight excluding hydrogens is 290 g/mol. The number of aliphatic carboxylic acids is 1. The summed E-state index contributed by atoms with van der Waals surface area (Å²) in [5.74, 6) is -1.79. The van der Waals surface area contributed by atoms with Crippen LogP contribution in [0, 0.1) is 0 Å². The number of rotatable bonds is 7. The Kier molecular flexibility index (Phi) is 6.61. The number of amides is 2. The van der Waals surface area contributed by atoms with Crippen LogP contribution in [-0.2, 0) is 14.4 Å². The maximum atomic E-state index is 12.2. The molecule has 1 fully saturated rings. The number of nitrogens with two attached hydrogens (primary N) is 2. The SMILES string of the molecule is CC(=O)N1CCC[C@@H]1C(=O)N[C@H](CCCN=C(N)N)C(=O)O. The summed E-state index contributed by atoms with van der Waals surface area (Å²) < 4.78 is 0. The number of likely N-dealkylation sites (tertiary alicyclic amines) is 1. The first kappa shape index (κ1) is 17.7. The zero-order chi connectivity index (χ0) is 16.7. The van der Waals surface area contributed by atoms with Gasteiger partial charge in [-0.05, 0) is 25.7 Å². The Morgan fingerprint density at radius 3 is 2.64 bits per heavy atom. The molecule has 0 aromatic heterocycles. The van der Waals surface area contributed by atoms with Crippen molar-refractivity contribution in [3.05, 3.63) is 0 Å². The molecule has 124 valence electrons. The fraction of sp³-hybridized carbons (Fsp3) is 0.692. The lowest BCUT2D eigenvalue weighted by Gasteiger charge is -2.24. The van der Waals surface area contributed by atoms with Gasteiger partial charge in [-0.3, -0.25) is 14.6 Å². The summed E-state index contributed by atoms with van der Waals surface area (Å²) in [6.07, 6.45) is 1.92. The third kappa shape index (κ3) is 5.23. The summed E-state index contributed by atoms with van der Waals surface area (Å²) in [7, 11) is 0. The summed E-state index contributed by atoms with van der Waals surface area (Å²) in [4.78, 5) is 40.1. The number of carbonyl (C=O) groups is 3. The molecule has 2 amide bonds. The minimum absolute atomic E-state index is 0.0565. The van der Waals surface area contributed by atoms with Crippen LogP contribution < -0.4 is 16.8 Å². The Balaban J connectivity index is 2.55. The van der Waals surface area contributed by atoms with Gasteiger partial charge in [0.15, 0.2) is 5.96 Å². The van der Waals surface area contributed by atoms with Crippen LogP contribution in [0.2, 0.25) is 0 Å². The smallest absolute Gasteiger partial charge is 0.326 e. The lowest BCUT2D eigenvalue weighted by Crippen LogP contribution is -2.50. The monoisotopic (exact) mass is 313 g/mol. The van der Waals surface area contributed by atoms with Crippen LogP contribution >= 0.6 is 0 Å². The molecule has 0 aliphatic carbocycles. The molecule has 0 unspecified atom stereocenters. The molecule has 0 aromatic carbocycles. The van der Waals surface area contributed by atoms with Crippen LogP contribution in [0.1, 0.15) is 32.6 Å². The van der Waals surface area contributed by atoms with E-state index < -0.39 is 24.0 Å². The van der Waals surface area contributed by atoms with E-state index in [1.54, 1.807) is 0 Å². The van der Waals surface area contributed by atoms with Crippen LogP contribution in [-0.4, -0.2) is 58.9 Å². The second-order valence-corrected chi connectivity index (χ2v) is 5.22. The van der Waals surface area contributed by atoms with Gasteiger partial charge >= 0.3 is 5.97 Å². The number of nitrogens with one attached hydrogen (secondary N) is 1. The van der Waals surface area contributed by atoms with E-state index in [2.05, 4.69) is 10.3 Å². The molecule has 1 rings (SSSR count). The quantitative estimate of drug-likeness (QED) is 0.258. The molecule has 9 heteroatoms. The second kappa shape index (κ2) is 8.20. The highest BCUT2D eigenvalue weighted by molar-refractivity contribution is 5.90. The van der Waals surface area contributed by atoms with Crippen molar-refractivity contribution in [3.63, 3.8) is 0 Å². The van der Waals surface area contributed by atoms with E-state index in [1.165, 1.54) is 11.8 Å². The number of hydrogen-bond donors (Lipinski definition) is 4. The van der Waals surface area contributed by atoms with Gasteiger partial charge in [0.1, 0.15) is 12.1 Å². The Labute approximate surface area is 128 Å². The topological polar surface area (TPSA) is 151 Å². The molecule has 0 saturated carbocycles. The minimum atomic E-state index is -1.12. The Morgan fingerprint density at radius 1 is 1.41 bits per heavy atom. The third-order valence-electron chi connectivity index (χ3n) is 3.52. The van der Waals surface area contributed by atoms with Crippen molar-refractivity contribution in [1.29, 1.82) is 0 Å². The molecule has 0 spiro atoms. The molecule has 0 aromatic rings. The first-order valence-electron chi connectivity index (χ1n) is 7.18. The molecule has 2 atom stereocenters. The Hall–Kier alpha value is -2.32. The van der Waals surface area contributed by atoms with Crippen LogP contribution in [0.15, 0.2) is 4.99 Å². The van der Waals surface area contributed by atoms with Gasteiger partial charge in [0, 0.05) is 20.0 Å². The molecule has 0 bridgehead atoms. The van der Waals surface area contributed by atoms with Crippen molar-refractivity contribution < 1.29 is 19.5 Å². The summed E-state index contributed by atoms with van der Waals surface area (Å²) in [5, 5.41) is 11.7. The molecular formula is C13H23N5O4. The van der Waals surface area contributed by atoms with E-state index in [-0.39, 0.29) is 18.3 Å². The number of guanidine groups is 1. The molecule has 9 nitrogen and oxygen atoms in total. The normalized spacial score (nSPS) is 18.6. The molecule has 1 saturated heterocycles. The maximum absolute atomic E-state index is 12.2. The fourth-order valence-electron chi connectivity index (χ4n) is 2.45. The first-order valence-corrected chi connectivity index (χ1v) is 7.18.